The number of amides is 1. The van der Waals surface area contributed by atoms with Gasteiger partial charge in [-0.25, -0.2) is 4.79 Å². The van der Waals surface area contributed by atoms with Crippen LogP contribution in [0, 0.1) is 0 Å². The van der Waals surface area contributed by atoms with Crippen LogP contribution in [0.3, 0.4) is 0 Å². The molecular weight excluding hydrogens is 967 g/mol. The van der Waals surface area contributed by atoms with E-state index in [-0.39, 0.29) is 36.2 Å². The molecule has 0 saturated carbocycles. The van der Waals surface area contributed by atoms with Crippen LogP contribution in [-0.2, 0) is 57.0 Å². The topological polar surface area (TPSA) is 477 Å². The Labute approximate surface area is 421 Å². The van der Waals surface area contributed by atoms with Gasteiger partial charge in [0.05, 0.1) is 38.6 Å². The van der Waals surface area contributed by atoms with Gasteiger partial charge in [0, 0.05) is 20.0 Å². The van der Waals surface area contributed by atoms with Crippen LogP contribution in [-0.4, -0.2) is 286 Å². The molecule has 5 saturated heterocycles. The SMILES string of the molecule is CCO[C@@H]1O[C@H](CO)[C@H](O)[C@H](O[C@@H]2O[C@H](CO)[C@@H](O[C@@H]3O[C@H](CO)[C@H](O)[C@H](O[C@]4(C(=O)O)C[C@H](O)[C@@H](N=C(C)[O-])[C@H]([C@H](O)[C@H](O)CO)O4)[C@H]3O)[C@H](O[C@@H]3O[C@H](C)[C@@H](O)[C@@H](O)[C@@H]3O)[C@H]2NC(C)=O)[C@H]1O.[Na+]. The van der Waals surface area contributed by atoms with Crippen LogP contribution in [0.2, 0.25) is 0 Å². The van der Waals surface area contributed by atoms with Crippen LogP contribution >= 0.6 is 0 Å². The van der Waals surface area contributed by atoms with Crippen LogP contribution in [0.1, 0.15) is 34.1 Å². The zero-order valence-electron chi connectivity index (χ0n) is 38.6. The summed E-state index contributed by atoms with van der Waals surface area (Å²) in [6.07, 6.45) is -45.5. The van der Waals surface area contributed by atoms with Gasteiger partial charge in [0.25, 0.3) is 5.79 Å². The molecule has 0 aromatic carbocycles. The maximum Gasteiger partial charge on any atom is 1.00 e. The van der Waals surface area contributed by atoms with Crippen molar-refractivity contribution in [3.05, 3.63) is 0 Å². The average Bonchev–Trinajstić information content (AvgIpc) is 3.30. The molecule has 31 heteroatoms. The molecule has 5 aliphatic rings. The first kappa shape index (κ1) is 61.0. The second-order valence-corrected chi connectivity index (χ2v) is 17.2. The van der Waals surface area contributed by atoms with Gasteiger partial charge in [0.15, 0.2) is 25.2 Å². The molecule has 5 aliphatic heterocycles. The fraction of sp³-hybridized carbons (Fsp3) is 0.923. The number of carboxylic acid groups (broad SMARTS) is 1. The molecule has 0 aliphatic carbocycles. The van der Waals surface area contributed by atoms with E-state index in [1.54, 1.807) is 6.92 Å². The van der Waals surface area contributed by atoms with Gasteiger partial charge in [-0.3, -0.25) is 9.79 Å². The molecule has 0 bridgehead atoms. The maximum atomic E-state index is 13.1. The Balaban J connectivity index is 0.0000107. The number of nitrogens with zero attached hydrogens (tertiary/aromatic N) is 1. The van der Waals surface area contributed by atoms with Crippen molar-refractivity contribution < 1.29 is 168 Å². The van der Waals surface area contributed by atoms with Crippen molar-refractivity contribution in [2.45, 2.75) is 193 Å². The zero-order chi connectivity index (χ0) is 51.4. The molecule has 30 nitrogen and oxygen atoms in total. The number of hydrogen-bond donors (Lipinski definition) is 16. The minimum atomic E-state index is -3.21. The summed E-state index contributed by atoms with van der Waals surface area (Å²) in [5.41, 5.74) is 0. The van der Waals surface area contributed by atoms with E-state index in [0.29, 0.717) is 0 Å². The predicted octanol–water partition coefficient (Wildman–Crippen LogP) is -13.7. The second kappa shape index (κ2) is 26.3. The van der Waals surface area contributed by atoms with Crippen LogP contribution in [0.4, 0.5) is 0 Å². The molecule has 400 valence electrons. The van der Waals surface area contributed by atoms with Crippen LogP contribution in [0.25, 0.3) is 0 Å². The number of carboxylic acids is 1. The standard InChI is InChI=1S/C39H66N2O28.Na/c1-5-60-35-27(56)32(23(52)16(8-43)62-35)67-34-20(41-13(4)47)31(66-36-26(55)25(54)21(50)11(2)61-36)29(18(10-45)64-34)65-37-28(57)33(24(53)17(9-44)63-37)69-39(38(58)59)6-14(48)19(40-12(3)46)30(68-39)22(51)15(49)7-42;/h11,14-37,42-45,48-57H,5-10H2,1-4H3,(H,40,46)(H,41,47)(H,58,59);/q;+1/p-1/t11-,14+,15-,16-,17-,18-,19-,20-,21-,22-,23+,24+,25-,26+,27-,28-,29-,30-,31-,32+,33+,34+,35-,36+,37+,39+;/m1./s1. The van der Waals surface area contributed by atoms with Crippen molar-refractivity contribution in [1.82, 2.24) is 5.32 Å². The number of aliphatic hydroxyl groups excluding tert-OH is 14. The summed E-state index contributed by atoms with van der Waals surface area (Å²) >= 11 is 0. The van der Waals surface area contributed by atoms with Gasteiger partial charge >= 0.3 is 35.5 Å². The van der Waals surface area contributed by atoms with E-state index in [9.17, 15) is 91.3 Å². The molecule has 0 aromatic rings. The third kappa shape index (κ3) is 13.3. The van der Waals surface area contributed by atoms with Gasteiger partial charge in [-0.15, -0.1) is 0 Å². The molecule has 0 unspecified atom stereocenters. The smallest absolute Gasteiger partial charge is 0.862 e. The van der Waals surface area contributed by atoms with E-state index < -0.39 is 210 Å². The van der Waals surface area contributed by atoms with Crippen molar-refractivity contribution >= 4 is 17.8 Å². The summed E-state index contributed by atoms with van der Waals surface area (Å²) in [6.45, 7) is 0.610. The molecular formula is C39H65N2NaO28. The van der Waals surface area contributed by atoms with E-state index in [1.165, 1.54) is 6.92 Å². The van der Waals surface area contributed by atoms with Crippen molar-refractivity contribution in [3.63, 3.8) is 0 Å². The molecule has 70 heavy (non-hydrogen) atoms. The van der Waals surface area contributed by atoms with E-state index in [2.05, 4.69) is 10.3 Å². The molecule has 5 rings (SSSR count). The molecule has 1 amide bonds. The number of rotatable bonds is 19. The zero-order valence-corrected chi connectivity index (χ0v) is 40.6. The summed E-state index contributed by atoms with van der Waals surface area (Å²) in [7, 11) is 0. The first-order valence-electron chi connectivity index (χ1n) is 22.0. The van der Waals surface area contributed by atoms with Gasteiger partial charge in [0.2, 0.25) is 5.91 Å². The Morgan fingerprint density at radius 2 is 1.24 bits per heavy atom. The Hall–Kier alpha value is -1.55. The molecule has 5 fully saturated rings. The monoisotopic (exact) mass is 1030 g/mol. The maximum absolute atomic E-state index is 13.1. The summed E-state index contributed by atoms with van der Waals surface area (Å²) < 4.78 is 58.0. The third-order valence-electron chi connectivity index (χ3n) is 12.3. The largest absolute Gasteiger partial charge is 1.00 e. The van der Waals surface area contributed by atoms with Crippen LogP contribution in [0.15, 0.2) is 4.99 Å². The van der Waals surface area contributed by atoms with E-state index in [1.807, 2.05) is 0 Å². The summed E-state index contributed by atoms with van der Waals surface area (Å²) in [5, 5.41) is 176. The third-order valence-corrected chi connectivity index (χ3v) is 12.3. The normalized spacial score (nSPS) is 45.8. The molecule has 0 spiro atoms. The number of aliphatic carboxylic acids is 1. The van der Waals surface area contributed by atoms with Gasteiger partial charge in [-0.1, -0.05) is 0 Å². The average molecular weight is 1030 g/mol. The van der Waals surface area contributed by atoms with Gasteiger partial charge in [0.1, 0.15) is 116 Å². The molecule has 5 heterocycles. The number of nitrogens with one attached hydrogen (secondary N) is 1. The molecule has 0 aromatic heterocycles. The van der Waals surface area contributed by atoms with Gasteiger partial charge < -0.3 is 134 Å². The van der Waals surface area contributed by atoms with Crippen molar-refractivity contribution in [2.24, 2.45) is 4.99 Å². The minimum Gasteiger partial charge on any atom is -0.862 e. The summed E-state index contributed by atoms with van der Waals surface area (Å²) in [4.78, 5) is 29.7. The molecule has 26 atom stereocenters. The predicted molar refractivity (Wildman–Crippen MR) is 214 cm³/mol. The number of carbonyl (C=O) groups is 2. The Bertz CT molecular complexity index is 1690. The second-order valence-electron chi connectivity index (χ2n) is 17.2. The Morgan fingerprint density at radius 3 is 1.79 bits per heavy atom. The number of ether oxygens (including phenoxy) is 10. The van der Waals surface area contributed by atoms with Crippen molar-refractivity contribution in [3.8, 4) is 0 Å². The molecule has 16 N–H and O–H groups in total. The number of hydrogen-bond acceptors (Lipinski definition) is 28. The van der Waals surface area contributed by atoms with Gasteiger partial charge in [-0.05, 0) is 26.7 Å². The summed E-state index contributed by atoms with van der Waals surface area (Å²) in [5.74, 6) is -7.08. The fourth-order valence-corrected chi connectivity index (χ4v) is 8.70. The first-order chi connectivity index (χ1) is 32.5. The van der Waals surface area contributed by atoms with Crippen molar-refractivity contribution in [2.75, 3.05) is 33.0 Å². The summed E-state index contributed by atoms with van der Waals surface area (Å²) in [6, 6.07) is -3.56. The van der Waals surface area contributed by atoms with Crippen molar-refractivity contribution in [1.29, 1.82) is 0 Å². The van der Waals surface area contributed by atoms with E-state index >= 15 is 0 Å². The van der Waals surface area contributed by atoms with Crippen LogP contribution in [0.5, 0.6) is 0 Å². The Morgan fingerprint density at radius 1 is 0.714 bits per heavy atom. The number of carbonyl (C=O) groups excluding carboxylic acids is 1. The minimum absolute atomic E-state index is 0. The molecule has 0 radical (unpaired) electrons. The first-order valence-corrected chi connectivity index (χ1v) is 22.0. The van der Waals surface area contributed by atoms with Crippen LogP contribution < -0.4 is 40.0 Å². The van der Waals surface area contributed by atoms with E-state index in [0.717, 1.165) is 13.8 Å². The van der Waals surface area contributed by atoms with E-state index in [4.69, 9.17) is 47.4 Å². The van der Waals surface area contributed by atoms with Gasteiger partial charge in [-0.2, -0.15) is 0 Å². The number of aliphatic imine (C=N–C) groups is 1. The quantitative estimate of drug-likeness (QED) is 0.0324. The fourth-order valence-electron chi connectivity index (χ4n) is 8.70. The Kier molecular flexibility index (Phi) is 22.9. The number of aliphatic hydroxyl groups is 14.